The molecule has 3 rings (SSSR count). The monoisotopic (exact) mass is 398 g/mol. The number of benzene rings is 1. The lowest BCUT2D eigenvalue weighted by molar-refractivity contribution is 0.132. The number of aromatic nitrogens is 3. The van der Waals surface area contributed by atoms with Gasteiger partial charge in [0.15, 0.2) is 5.96 Å². The molecule has 1 saturated heterocycles. The van der Waals surface area contributed by atoms with Gasteiger partial charge in [-0.15, -0.1) is 0 Å². The van der Waals surface area contributed by atoms with E-state index < -0.39 is 0 Å². The van der Waals surface area contributed by atoms with Gasteiger partial charge < -0.3 is 15.5 Å². The van der Waals surface area contributed by atoms with Gasteiger partial charge in [0.25, 0.3) is 0 Å². The van der Waals surface area contributed by atoms with Crippen LogP contribution in [0.4, 0.5) is 0 Å². The first kappa shape index (κ1) is 21.3. The van der Waals surface area contributed by atoms with Gasteiger partial charge in [-0.3, -0.25) is 9.58 Å². The van der Waals surface area contributed by atoms with Gasteiger partial charge in [-0.25, -0.2) is 9.98 Å². The molecule has 1 aliphatic rings. The van der Waals surface area contributed by atoms with Crippen molar-refractivity contribution in [1.29, 1.82) is 0 Å². The highest BCUT2D eigenvalue weighted by atomic mass is 15.3. The SMILES string of the molecule is CCNC(=NCc1ccc(CN2CCN(CC)CC2)cc1)NCc1ncnn1C. The smallest absolute Gasteiger partial charge is 0.191 e. The van der Waals surface area contributed by atoms with Crippen molar-refractivity contribution in [2.75, 3.05) is 39.3 Å². The zero-order chi connectivity index (χ0) is 20.5. The van der Waals surface area contributed by atoms with Crippen molar-refractivity contribution < 1.29 is 0 Å². The minimum Gasteiger partial charge on any atom is -0.357 e. The van der Waals surface area contributed by atoms with E-state index >= 15 is 0 Å². The standard InChI is InChI=1S/C21H34N8/c1-4-22-21(24-15-20-25-17-26-27(20)3)23-14-18-6-8-19(9-7-18)16-29-12-10-28(5-2)11-13-29/h6-9,17H,4-5,10-16H2,1-3H3,(H2,22,23,24). The molecule has 8 heteroatoms. The lowest BCUT2D eigenvalue weighted by Gasteiger charge is -2.34. The summed E-state index contributed by atoms with van der Waals surface area (Å²) in [4.78, 5) is 14.0. The largest absolute Gasteiger partial charge is 0.357 e. The van der Waals surface area contributed by atoms with Gasteiger partial charge in [0.05, 0.1) is 13.1 Å². The molecule has 1 aromatic heterocycles. The Balaban J connectivity index is 1.50. The Morgan fingerprint density at radius 3 is 2.31 bits per heavy atom. The summed E-state index contributed by atoms with van der Waals surface area (Å²) in [5.74, 6) is 1.66. The van der Waals surface area contributed by atoms with Gasteiger partial charge in [0, 0.05) is 46.3 Å². The highest BCUT2D eigenvalue weighted by Crippen LogP contribution is 2.11. The van der Waals surface area contributed by atoms with Crippen LogP contribution in [0.5, 0.6) is 0 Å². The molecule has 0 saturated carbocycles. The lowest BCUT2D eigenvalue weighted by Crippen LogP contribution is -2.45. The average molecular weight is 399 g/mol. The van der Waals surface area contributed by atoms with Gasteiger partial charge in [-0.1, -0.05) is 31.2 Å². The van der Waals surface area contributed by atoms with Gasteiger partial charge in [0.2, 0.25) is 0 Å². The Morgan fingerprint density at radius 1 is 1.00 bits per heavy atom. The van der Waals surface area contributed by atoms with E-state index in [0.29, 0.717) is 13.1 Å². The predicted octanol–water partition coefficient (Wildman–Crippen LogP) is 1.21. The van der Waals surface area contributed by atoms with Crippen LogP contribution < -0.4 is 10.6 Å². The maximum atomic E-state index is 4.70. The number of rotatable bonds is 8. The molecule has 2 N–H and O–H groups in total. The predicted molar refractivity (Wildman–Crippen MR) is 116 cm³/mol. The van der Waals surface area contributed by atoms with E-state index in [0.717, 1.165) is 44.5 Å². The Kier molecular flexibility index (Phi) is 8.01. The Hall–Kier alpha value is -2.45. The highest BCUT2D eigenvalue weighted by Gasteiger charge is 2.15. The fraction of sp³-hybridized carbons (Fsp3) is 0.571. The van der Waals surface area contributed by atoms with E-state index in [-0.39, 0.29) is 0 Å². The fourth-order valence-corrected chi connectivity index (χ4v) is 3.43. The summed E-state index contributed by atoms with van der Waals surface area (Å²) in [7, 11) is 1.89. The molecule has 1 fully saturated rings. The van der Waals surface area contributed by atoms with Gasteiger partial charge in [0.1, 0.15) is 12.2 Å². The number of hydrogen-bond donors (Lipinski definition) is 2. The molecule has 1 aliphatic heterocycles. The molecule has 0 aliphatic carbocycles. The molecule has 29 heavy (non-hydrogen) atoms. The lowest BCUT2D eigenvalue weighted by atomic mass is 10.1. The molecule has 1 aromatic carbocycles. The zero-order valence-corrected chi connectivity index (χ0v) is 17.9. The molecule has 0 bridgehead atoms. The fourth-order valence-electron chi connectivity index (χ4n) is 3.43. The van der Waals surface area contributed by atoms with Crippen LogP contribution in [-0.4, -0.2) is 69.8 Å². The molecule has 0 amide bonds. The summed E-state index contributed by atoms with van der Waals surface area (Å²) in [5, 5.41) is 10.7. The van der Waals surface area contributed by atoms with Gasteiger partial charge in [-0.2, -0.15) is 5.10 Å². The molecule has 158 valence electrons. The van der Waals surface area contributed by atoms with E-state index in [9.17, 15) is 0 Å². The summed E-state index contributed by atoms with van der Waals surface area (Å²) in [6.45, 7) is 13.2. The van der Waals surface area contributed by atoms with Crippen LogP contribution in [0.2, 0.25) is 0 Å². The van der Waals surface area contributed by atoms with Crippen molar-refractivity contribution in [3.05, 3.63) is 47.5 Å². The maximum Gasteiger partial charge on any atom is 0.191 e. The Morgan fingerprint density at radius 2 is 1.69 bits per heavy atom. The van der Waals surface area contributed by atoms with Crippen molar-refractivity contribution in [3.63, 3.8) is 0 Å². The third-order valence-electron chi connectivity index (χ3n) is 5.32. The van der Waals surface area contributed by atoms with E-state index in [1.54, 1.807) is 11.0 Å². The molecular formula is C21H34N8. The minimum atomic E-state index is 0.590. The van der Waals surface area contributed by atoms with Crippen LogP contribution in [0.3, 0.4) is 0 Å². The zero-order valence-electron chi connectivity index (χ0n) is 17.9. The number of nitrogens with zero attached hydrogens (tertiary/aromatic N) is 6. The molecule has 0 unspecified atom stereocenters. The van der Waals surface area contributed by atoms with E-state index in [4.69, 9.17) is 4.99 Å². The summed E-state index contributed by atoms with van der Waals surface area (Å²) in [6, 6.07) is 8.84. The summed E-state index contributed by atoms with van der Waals surface area (Å²) >= 11 is 0. The third kappa shape index (κ3) is 6.54. The molecule has 0 spiro atoms. The maximum absolute atomic E-state index is 4.70. The van der Waals surface area contributed by atoms with Crippen LogP contribution >= 0.6 is 0 Å². The van der Waals surface area contributed by atoms with Gasteiger partial charge >= 0.3 is 0 Å². The second kappa shape index (κ2) is 10.9. The first-order valence-corrected chi connectivity index (χ1v) is 10.6. The van der Waals surface area contributed by atoms with Crippen molar-refractivity contribution >= 4 is 5.96 Å². The number of nitrogens with one attached hydrogen (secondary N) is 2. The highest BCUT2D eigenvalue weighted by molar-refractivity contribution is 5.79. The number of guanidine groups is 1. The summed E-state index contributed by atoms with van der Waals surface area (Å²) in [6.07, 6.45) is 1.56. The Bertz CT molecular complexity index is 759. The van der Waals surface area contributed by atoms with Gasteiger partial charge in [-0.05, 0) is 24.6 Å². The first-order valence-electron chi connectivity index (χ1n) is 10.6. The summed E-state index contributed by atoms with van der Waals surface area (Å²) < 4.78 is 1.76. The molecule has 2 aromatic rings. The van der Waals surface area contributed by atoms with E-state index in [1.165, 1.54) is 24.2 Å². The minimum absolute atomic E-state index is 0.590. The first-order chi connectivity index (χ1) is 14.2. The number of piperazine rings is 1. The molecule has 0 radical (unpaired) electrons. The van der Waals surface area contributed by atoms with Crippen LogP contribution in [0.1, 0.15) is 30.8 Å². The molecule has 2 heterocycles. The quantitative estimate of drug-likeness (QED) is 0.514. The molecule has 8 nitrogen and oxygen atoms in total. The topological polar surface area (TPSA) is 73.6 Å². The number of aryl methyl sites for hydroxylation is 1. The third-order valence-corrected chi connectivity index (χ3v) is 5.32. The van der Waals surface area contributed by atoms with E-state index in [2.05, 4.69) is 68.6 Å². The second-order valence-electron chi connectivity index (χ2n) is 7.38. The van der Waals surface area contributed by atoms with Crippen LogP contribution in [0.25, 0.3) is 0 Å². The van der Waals surface area contributed by atoms with Crippen molar-refractivity contribution in [2.45, 2.75) is 33.5 Å². The normalized spacial score (nSPS) is 16.2. The van der Waals surface area contributed by atoms with Crippen LogP contribution in [-0.2, 0) is 26.7 Å². The number of likely N-dealkylation sites (N-methyl/N-ethyl adjacent to an activating group) is 1. The van der Waals surface area contributed by atoms with Crippen molar-refractivity contribution in [3.8, 4) is 0 Å². The van der Waals surface area contributed by atoms with Crippen LogP contribution in [0.15, 0.2) is 35.6 Å². The number of hydrogen-bond acceptors (Lipinski definition) is 5. The van der Waals surface area contributed by atoms with Crippen molar-refractivity contribution in [1.82, 2.24) is 35.2 Å². The average Bonchev–Trinajstić information content (AvgIpc) is 3.16. The van der Waals surface area contributed by atoms with Crippen molar-refractivity contribution in [2.24, 2.45) is 12.0 Å². The molecule has 0 atom stereocenters. The van der Waals surface area contributed by atoms with Crippen LogP contribution in [0, 0.1) is 0 Å². The second-order valence-corrected chi connectivity index (χ2v) is 7.38. The summed E-state index contributed by atoms with van der Waals surface area (Å²) in [5.41, 5.74) is 2.58. The number of aliphatic imine (C=N–C) groups is 1. The molecular weight excluding hydrogens is 364 g/mol. The Labute approximate surface area is 174 Å². The van der Waals surface area contributed by atoms with E-state index in [1.807, 2.05) is 7.05 Å².